The molecule has 1 rings (SSSR count). The molecule has 3 heteroatoms. The number of ether oxygens (including phenoxy) is 1. The summed E-state index contributed by atoms with van der Waals surface area (Å²) in [6.07, 6.45) is 4.18. The molecule has 3 nitrogen and oxygen atoms in total. The van der Waals surface area contributed by atoms with Crippen molar-refractivity contribution in [3.05, 3.63) is 0 Å². The van der Waals surface area contributed by atoms with Gasteiger partial charge in [-0.1, -0.05) is 13.8 Å². The van der Waals surface area contributed by atoms with Crippen molar-refractivity contribution in [2.75, 3.05) is 45.9 Å². The molecule has 0 spiro atoms. The average Bonchev–Trinajstić information content (AvgIpc) is 2.59. The molecule has 1 fully saturated rings. The second-order valence-corrected chi connectivity index (χ2v) is 5.72. The largest absolute Gasteiger partial charge is 0.380 e. The molecule has 0 aliphatic carbocycles. The highest BCUT2D eigenvalue weighted by atomic mass is 16.5. The van der Waals surface area contributed by atoms with Gasteiger partial charge in [0.25, 0.3) is 0 Å². The minimum atomic E-state index is 0.824. The average molecular weight is 256 g/mol. The van der Waals surface area contributed by atoms with Gasteiger partial charge in [0.05, 0.1) is 6.61 Å². The number of nitrogens with one attached hydrogen (secondary N) is 1. The van der Waals surface area contributed by atoms with E-state index in [-0.39, 0.29) is 0 Å². The van der Waals surface area contributed by atoms with Crippen LogP contribution in [0.5, 0.6) is 0 Å². The van der Waals surface area contributed by atoms with Crippen LogP contribution in [0.15, 0.2) is 0 Å². The normalized spacial score (nSPS) is 22.3. The maximum atomic E-state index is 5.31. The smallest absolute Gasteiger partial charge is 0.0590 e. The van der Waals surface area contributed by atoms with Gasteiger partial charge in [0.2, 0.25) is 0 Å². The highest BCUT2D eigenvalue weighted by molar-refractivity contribution is 4.72. The molecule has 1 unspecified atom stereocenters. The van der Waals surface area contributed by atoms with Crippen LogP contribution < -0.4 is 5.32 Å². The summed E-state index contributed by atoms with van der Waals surface area (Å²) >= 11 is 0. The van der Waals surface area contributed by atoms with Gasteiger partial charge >= 0.3 is 0 Å². The molecule has 0 aromatic heterocycles. The van der Waals surface area contributed by atoms with E-state index in [1.807, 2.05) is 6.92 Å². The first-order valence-corrected chi connectivity index (χ1v) is 7.74. The summed E-state index contributed by atoms with van der Waals surface area (Å²) < 4.78 is 5.31. The SMILES string of the molecule is CCOCCNCCN1CCCC(C(C)C)CC1. The zero-order valence-corrected chi connectivity index (χ0v) is 12.6. The van der Waals surface area contributed by atoms with E-state index in [9.17, 15) is 0 Å². The highest BCUT2D eigenvalue weighted by Gasteiger charge is 2.18. The Hall–Kier alpha value is -0.120. The maximum Gasteiger partial charge on any atom is 0.0590 e. The molecule has 0 bridgehead atoms. The number of hydrogen-bond donors (Lipinski definition) is 1. The van der Waals surface area contributed by atoms with Crippen molar-refractivity contribution in [2.45, 2.75) is 40.0 Å². The summed E-state index contributed by atoms with van der Waals surface area (Å²) in [6.45, 7) is 14.3. The van der Waals surface area contributed by atoms with Crippen LogP contribution in [0.25, 0.3) is 0 Å². The molecule has 1 saturated heterocycles. The van der Waals surface area contributed by atoms with Crippen LogP contribution in [-0.2, 0) is 4.74 Å². The fourth-order valence-corrected chi connectivity index (χ4v) is 2.72. The van der Waals surface area contributed by atoms with Crippen molar-refractivity contribution < 1.29 is 4.74 Å². The van der Waals surface area contributed by atoms with Crippen LogP contribution in [-0.4, -0.2) is 50.8 Å². The van der Waals surface area contributed by atoms with Crippen LogP contribution in [0.4, 0.5) is 0 Å². The van der Waals surface area contributed by atoms with E-state index in [1.54, 1.807) is 0 Å². The molecule has 1 heterocycles. The molecule has 108 valence electrons. The number of hydrogen-bond acceptors (Lipinski definition) is 3. The lowest BCUT2D eigenvalue weighted by Crippen LogP contribution is -2.34. The van der Waals surface area contributed by atoms with Gasteiger partial charge in [-0.3, -0.25) is 0 Å². The Kier molecular flexibility index (Phi) is 8.64. The van der Waals surface area contributed by atoms with E-state index in [0.717, 1.165) is 38.1 Å². The molecule has 0 aromatic rings. The van der Waals surface area contributed by atoms with Gasteiger partial charge < -0.3 is 15.0 Å². The van der Waals surface area contributed by atoms with Crippen molar-refractivity contribution in [1.29, 1.82) is 0 Å². The van der Waals surface area contributed by atoms with Crippen LogP contribution in [0.2, 0.25) is 0 Å². The third-order valence-corrected chi connectivity index (χ3v) is 4.04. The van der Waals surface area contributed by atoms with E-state index >= 15 is 0 Å². The first-order valence-electron chi connectivity index (χ1n) is 7.74. The lowest BCUT2D eigenvalue weighted by atomic mass is 9.89. The standard InChI is InChI=1S/C15H32N2O/c1-4-18-13-9-16-8-12-17-10-5-6-15(7-11-17)14(2)3/h14-16H,4-13H2,1-3H3. The fourth-order valence-electron chi connectivity index (χ4n) is 2.72. The monoisotopic (exact) mass is 256 g/mol. The Balaban J connectivity index is 2.05. The van der Waals surface area contributed by atoms with E-state index < -0.39 is 0 Å². The molecular weight excluding hydrogens is 224 g/mol. The lowest BCUT2D eigenvalue weighted by molar-refractivity contribution is 0.148. The Morgan fingerprint density at radius 1 is 1.22 bits per heavy atom. The Morgan fingerprint density at radius 2 is 2.06 bits per heavy atom. The van der Waals surface area contributed by atoms with Crippen LogP contribution in [0.1, 0.15) is 40.0 Å². The molecule has 18 heavy (non-hydrogen) atoms. The lowest BCUT2D eigenvalue weighted by Gasteiger charge is -2.21. The third kappa shape index (κ3) is 6.72. The van der Waals surface area contributed by atoms with Crippen molar-refractivity contribution in [2.24, 2.45) is 11.8 Å². The van der Waals surface area contributed by atoms with E-state index in [4.69, 9.17) is 4.74 Å². The summed E-state index contributed by atoms with van der Waals surface area (Å²) in [4.78, 5) is 2.62. The molecule has 1 aliphatic heterocycles. The van der Waals surface area contributed by atoms with E-state index in [2.05, 4.69) is 24.1 Å². The van der Waals surface area contributed by atoms with Crippen molar-refractivity contribution in [3.8, 4) is 0 Å². The van der Waals surface area contributed by atoms with Gasteiger partial charge in [0.1, 0.15) is 0 Å². The van der Waals surface area contributed by atoms with Crippen molar-refractivity contribution in [1.82, 2.24) is 10.2 Å². The predicted molar refractivity (Wildman–Crippen MR) is 78.0 cm³/mol. The van der Waals surface area contributed by atoms with Gasteiger partial charge in [-0.15, -0.1) is 0 Å². The summed E-state index contributed by atoms with van der Waals surface area (Å²) in [6, 6.07) is 0. The third-order valence-electron chi connectivity index (χ3n) is 4.04. The zero-order valence-electron chi connectivity index (χ0n) is 12.6. The number of likely N-dealkylation sites (tertiary alicyclic amines) is 1. The van der Waals surface area contributed by atoms with Gasteiger partial charge in [-0.05, 0) is 51.1 Å². The maximum absolute atomic E-state index is 5.31. The van der Waals surface area contributed by atoms with Gasteiger partial charge in [-0.25, -0.2) is 0 Å². The summed E-state index contributed by atoms with van der Waals surface area (Å²) in [5.74, 6) is 1.80. The van der Waals surface area contributed by atoms with Crippen LogP contribution in [0, 0.1) is 11.8 Å². The summed E-state index contributed by atoms with van der Waals surface area (Å²) in [5, 5.41) is 3.46. The Bertz CT molecular complexity index is 197. The predicted octanol–water partition coefficient (Wildman–Crippen LogP) is 2.37. The second-order valence-electron chi connectivity index (χ2n) is 5.72. The van der Waals surface area contributed by atoms with Gasteiger partial charge in [0, 0.05) is 26.2 Å². The molecular formula is C15H32N2O. The molecule has 1 atom stereocenters. The van der Waals surface area contributed by atoms with Crippen LogP contribution >= 0.6 is 0 Å². The molecule has 0 amide bonds. The molecule has 0 radical (unpaired) electrons. The topological polar surface area (TPSA) is 24.5 Å². The fraction of sp³-hybridized carbons (Fsp3) is 1.00. The summed E-state index contributed by atoms with van der Waals surface area (Å²) in [5.41, 5.74) is 0. The Morgan fingerprint density at radius 3 is 2.78 bits per heavy atom. The van der Waals surface area contributed by atoms with E-state index in [0.29, 0.717) is 0 Å². The van der Waals surface area contributed by atoms with Crippen molar-refractivity contribution >= 4 is 0 Å². The Labute approximate surface area is 113 Å². The minimum Gasteiger partial charge on any atom is -0.380 e. The number of rotatable bonds is 8. The molecule has 0 saturated carbocycles. The first-order chi connectivity index (χ1) is 8.74. The van der Waals surface area contributed by atoms with Crippen molar-refractivity contribution in [3.63, 3.8) is 0 Å². The highest BCUT2D eigenvalue weighted by Crippen LogP contribution is 2.24. The summed E-state index contributed by atoms with van der Waals surface area (Å²) in [7, 11) is 0. The molecule has 0 aromatic carbocycles. The van der Waals surface area contributed by atoms with Gasteiger partial charge in [-0.2, -0.15) is 0 Å². The second kappa shape index (κ2) is 9.76. The molecule has 1 N–H and O–H groups in total. The van der Waals surface area contributed by atoms with Gasteiger partial charge in [0.15, 0.2) is 0 Å². The van der Waals surface area contributed by atoms with Crippen LogP contribution in [0.3, 0.4) is 0 Å². The quantitative estimate of drug-likeness (QED) is 0.675. The minimum absolute atomic E-state index is 0.824. The number of nitrogens with zero attached hydrogens (tertiary/aromatic N) is 1. The molecule has 1 aliphatic rings. The first kappa shape index (κ1) is 15.9. The zero-order chi connectivity index (χ0) is 13.2. The van der Waals surface area contributed by atoms with E-state index in [1.165, 1.54) is 38.9 Å².